The number of hydrogen-bond acceptors (Lipinski definition) is 9. The van der Waals surface area contributed by atoms with Crippen molar-refractivity contribution in [2.75, 3.05) is 27.7 Å². The van der Waals surface area contributed by atoms with Gasteiger partial charge in [-0.05, 0) is 76.3 Å². The van der Waals surface area contributed by atoms with E-state index in [1.165, 1.54) is 24.3 Å². The van der Waals surface area contributed by atoms with Gasteiger partial charge in [-0.1, -0.05) is 61.4 Å². The van der Waals surface area contributed by atoms with E-state index < -0.39 is 29.7 Å². The Morgan fingerprint density at radius 1 is 0.810 bits per heavy atom. The van der Waals surface area contributed by atoms with Gasteiger partial charge in [0.15, 0.2) is 12.2 Å². The number of rotatable bonds is 11. The predicted molar refractivity (Wildman–Crippen MR) is 161 cm³/mol. The van der Waals surface area contributed by atoms with E-state index in [1.807, 2.05) is 59.1 Å². The van der Waals surface area contributed by atoms with Gasteiger partial charge in [0, 0.05) is 12.5 Å². The maximum absolute atomic E-state index is 11.8. The number of nitrogens with zero attached hydrogens (tertiary/aromatic N) is 1. The Morgan fingerprint density at radius 3 is 1.64 bits per heavy atom. The average Bonchev–Trinajstić information content (AvgIpc) is 2.98. The van der Waals surface area contributed by atoms with Crippen LogP contribution in [0.25, 0.3) is 0 Å². The van der Waals surface area contributed by atoms with Gasteiger partial charge in [-0.3, -0.25) is 0 Å². The molecule has 9 nitrogen and oxygen atoms in total. The van der Waals surface area contributed by atoms with Gasteiger partial charge in [0.05, 0.1) is 12.7 Å². The first-order valence-corrected chi connectivity index (χ1v) is 13.7. The molecule has 42 heavy (non-hydrogen) atoms. The fourth-order valence-electron chi connectivity index (χ4n) is 4.25. The highest BCUT2D eigenvalue weighted by Crippen LogP contribution is 2.35. The van der Waals surface area contributed by atoms with E-state index in [4.69, 9.17) is 14.2 Å². The Kier molecular flexibility index (Phi) is 13.1. The molecule has 0 radical (unpaired) electrons. The van der Waals surface area contributed by atoms with Crippen molar-refractivity contribution in [3.8, 4) is 17.2 Å². The Bertz CT molecular complexity index is 1210. The molecule has 4 atom stereocenters. The molecule has 3 aromatic rings. The van der Waals surface area contributed by atoms with Crippen LogP contribution in [0.1, 0.15) is 37.0 Å². The standard InChI is InChI=1S/C18H18O6.C15H25NO2/c1-11-3-7-13(8-4-11)23-17(21)15(19)16(20)18(22)24-14-9-5-12(2)6-10-14;1-6-15(17,12(2)11-16(3)4)13-8-7-9-14(10-13)18-5/h3-10,15-16,19-20H,1-2H3;7-10,12,17H,6,11H2,1-5H3/t15-,16-;12-,15-/m11/s1. The first-order valence-electron chi connectivity index (χ1n) is 13.7. The molecule has 0 aromatic heterocycles. The van der Waals surface area contributed by atoms with Gasteiger partial charge in [-0.2, -0.15) is 0 Å². The van der Waals surface area contributed by atoms with Crippen molar-refractivity contribution in [2.24, 2.45) is 5.92 Å². The summed E-state index contributed by atoms with van der Waals surface area (Å²) in [6.45, 7) is 8.69. The van der Waals surface area contributed by atoms with Crippen LogP contribution in [0.3, 0.4) is 0 Å². The molecule has 0 saturated carbocycles. The fraction of sp³-hybridized carbons (Fsp3) is 0.394. The molecule has 0 aliphatic rings. The minimum atomic E-state index is -2.05. The molecule has 3 aromatic carbocycles. The highest BCUT2D eigenvalue weighted by Gasteiger charge is 2.35. The highest BCUT2D eigenvalue weighted by atomic mass is 16.6. The first kappa shape index (κ1) is 34.4. The number of hydrogen-bond donors (Lipinski definition) is 3. The molecule has 0 fully saturated rings. The molecule has 0 heterocycles. The lowest BCUT2D eigenvalue weighted by atomic mass is 9.80. The van der Waals surface area contributed by atoms with Crippen molar-refractivity contribution in [3.63, 3.8) is 0 Å². The van der Waals surface area contributed by atoms with E-state index >= 15 is 0 Å². The summed E-state index contributed by atoms with van der Waals surface area (Å²) in [6.07, 6.45) is -3.41. The molecule has 0 aliphatic carbocycles. The third-order valence-corrected chi connectivity index (χ3v) is 6.82. The average molecular weight is 582 g/mol. The van der Waals surface area contributed by atoms with Crippen LogP contribution in [0.2, 0.25) is 0 Å². The van der Waals surface area contributed by atoms with Gasteiger partial charge in [-0.15, -0.1) is 0 Å². The molecule has 3 rings (SSSR count). The Labute approximate surface area is 248 Å². The zero-order valence-electron chi connectivity index (χ0n) is 25.4. The van der Waals surface area contributed by atoms with E-state index in [1.54, 1.807) is 31.4 Å². The normalized spacial score (nSPS) is 14.5. The lowest BCUT2D eigenvalue weighted by molar-refractivity contribution is -0.162. The molecule has 3 N–H and O–H groups in total. The van der Waals surface area contributed by atoms with Gasteiger partial charge < -0.3 is 34.4 Å². The second-order valence-electron chi connectivity index (χ2n) is 10.5. The van der Waals surface area contributed by atoms with Crippen molar-refractivity contribution >= 4 is 11.9 Å². The third kappa shape index (κ3) is 9.95. The van der Waals surface area contributed by atoms with Crippen LogP contribution in [0.5, 0.6) is 17.2 Å². The summed E-state index contributed by atoms with van der Waals surface area (Å²) in [5.74, 6) is -0.951. The van der Waals surface area contributed by atoms with E-state index in [-0.39, 0.29) is 17.4 Å². The second kappa shape index (κ2) is 16.0. The Morgan fingerprint density at radius 2 is 1.26 bits per heavy atom. The number of esters is 2. The van der Waals surface area contributed by atoms with Gasteiger partial charge >= 0.3 is 11.9 Å². The third-order valence-electron chi connectivity index (χ3n) is 6.82. The largest absolute Gasteiger partial charge is 0.497 e. The molecule has 0 saturated heterocycles. The number of aliphatic hydroxyl groups is 3. The molecule has 0 bridgehead atoms. The number of aliphatic hydroxyl groups excluding tert-OH is 2. The van der Waals surface area contributed by atoms with Crippen molar-refractivity contribution < 1.29 is 39.1 Å². The Balaban J connectivity index is 0.000000307. The second-order valence-corrected chi connectivity index (χ2v) is 10.5. The molecule has 0 spiro atoms. The summed E-state index contributed by atoms with van der Waals surface area (Å²) in [5.41, 5.74) is 2.06. The van der Waals surface area contributed by atoms with Crippen LogP contribution < -0.4 is 14.2 Å². The molecule has 9 heteroatoms. The van der Waals surface area contributed by atoms with Crippen LogP contribution in [0, 0.1) is 19.8 Å². The van der Waals surface area contributed by atoms with Gasteiger partial charge in [0.25, 0.3) is 0 Å². The smallest absolute Gasteiger partial charge is 0.343 e. The molecular formula is C33H43NO8. The van der Waals surface area contributed by atoms with E-state index in [0.29, 0.717) is 6.42 Å². The summed E-state index contributed by atoms with van der Waals surface area (Å²) in [5, 5.41) is 30.5. The minimum absolute atomic E-state index is 0.157. The fourth-order valence-corrected chi connectivity index (χ4v) is 4.25. The minimum Gasteiger partial charge on any atom is -0.497 e. The molecule has 0 amide bonds. The number of aryl methyl sites for hydroxylation is 2. The number of carbonyl (C=O) groups excluding carboxylic acids is 2. The summed E-state index contributed by atoms with van der Waals surface area (Å²) < 4.78 is 15.1. The lowest BCUT2D eigenvalue weighted by Crippen LogP contribution is -2.43. The maximum Gasteiger partial charge on any atom is 0.343 e. The quantitative estimate of drug-likeness (QED) is 0.227. The maximum atomic E-state index is 11.8. The molecule has 228 valence electrons. The van der Waals surface area contributed by atoms with Crippen molar-refractivity contribution in [2.45, 2.75) is 51.9 Å². The topological polar surface area (TPSA) is 126 Å². The molecule has 0 aliphatic heterocycles. The monoisotopic (exact) mass is 581 g/mol. The lowest BCUT2D eigenvalue weighted by Gasteiger charge is -2.35. The van der Waals surface area contributed by atoms with Crippen LogP contribution in [0.4, 0.5) is 0 Å². The van der Waals surface area contributed by atoms with E-state index in [0.717, 1.165) is 29.0 Å². The summed E-state index contributed by atoms with van der Waals surface area (Å²) in [7, 11) is 5.70. The summed E-state index contributed by atoms with van der Waals surface area (Å²) >= 11 is 0. The zero-order chi connectivity index (χ0) is 31.4. The number of benzene rings is 3. The molecular weight excluding hydrogens is 538 g/mol. The van der Waals surface area contributed by atoms with E-state index in [9.17, 15) is 24.9 Å². The Hall–Kier alpha value is -3.76. The van der Waals surface area contributed by atoms with Crippen LogP contribution in [-0.4, -0.2) is 72.1 Å². The summed E-state index contributed by atoms with van der Waals surface area (Å²) in [6, 6.07) is 20.8. The summed E-state index contributed by atoms with van der Waals surface area (Å²) in [4.78, 5) is 25.7. The van der Waals surface area contributed by atoms with Crippen LogP contribution in [-0.2, 0) is 15.2 Å². The zero-order valence-corrected chi connectivity index (χ0v) is 25.4. The number of methoxy groups -OCH3 is 1. The van der Waals surface area contributed by atoms with E-state index in [2.05, 4.69) is 11.8 Å². The van der Waals surface area contributed by atoms with Gasteiger partial charge in [-0.25, -0.2) is 9.59 Å². The first-order chi connectivity index (χ1) is 19.8. The van der Waals surface area contributed by atoms with Gasteiger partial charge in [0.2, 0.25) is 0 Å². The van der Waals surface area contributed by atoms with Crippen LogP contribution in [0.15, 0.2) is 72.8 Å². The van der Waals surface area contributed by atoms with Crippen molar-refractivity contribution in [1.82, 2.24) is 4.90 Å². The van der Waals surface area contributed by atoms with Crippen molar-refractivity contribution in [3.05, 3.63) is 89.5 Å². The highest BCUT2D eigenvalue weighted by molar-refractivity contribution is 5.87. The SMILES string of the molecule is CC[C@](O)(c1cccc(OC)c1)[C@H](C)CN(C)C.Cc1ccc(OC(=O)[C@H](O)[C@@H](O)C(=O)Oc2ccc(C)cc2)cc1. The van der Waals surface area contributed by atoms with Crippen LogP contribution >= 0.6 is 0 Å². The number of carbonyl (C=O) groups is 2. The molecule has 0 unspecified atom stereocenters. The predicted octanol–water partition coefficient (Wildman–Crippen LogP) is 4.03. The number of ether oxygens (including phenoxy) is 3. The van der Waals surface area contributed by atoms with Gasteiger partial charge in [0.1, 0.15) is 17.2 Å². The van der Waals surface area contributed by atoms with Crippen molar-refractivity contribution in [1.29, 1.82) is 0 Å².